The Morgan fingerprint density at radius 1 is 1.47 bits per heavy atom. The van der Waals surface area contributed by atoms with Crippen LogP contribution in [0.1, 0.15) is 13.3 Å². The molecule has 6 nitrogen and oxygen atoms in total. The van der Waals surface area contributed by atoms with Gasteiger partial charge in [0.05, 0.1) is 5.52 Å². The molecule has 2 amide bonds. The van der Waals surface area contributed by atoms with Gasteiger partial charge in [0.2, 0.25) is 0 Å². The molecule has 0 fully saturated rings. The fraction of sp³-hybridized carbons (Fsp3) is 0.273. The number of urea groups is 1. The lowest BCUT2D eigenvalue weighted by Gasteiger charge is -2.05. The number of oxazole rings is 1. The minimum absolute atomic E-state index is 0.274. The molecule has 1 aromatic carbocycles. The van der Waals surface area contributed by atoms with Crippen molar-refractivity contribution in [1.82, 2.24) is 10.3 Å². The van der Waals surface area contributed by atoms with Crippen molar-refractivity contribution < 1.29 is 9.21 Å². The molecular weight excluding hydrogens is 222 g/mol. The predicted octanol–water partition coefficient (Wildman–Crippen LogP) is 1.65. The zero-order valence-corrected chi connectivity index (χ0v) is 9.37. The van der Waals surface area contributed by atoms with Crippen LogP contribution in [0.5, 0.6) is 0 Å². The standard InChI is InChI=1S/C11H13N3O3/c1-2-5-12-10(15)13-7-3-4-8-9(6-7)17-11(16)14-8/h3-4,6H,2,5H2,1H3,(H,14,16)(H2,12,13,15). The Morgan fingerprint density at radius 3 is 3.06 bits per heavy atom. The molecule has 0 radical (unpaired) electrons. The van der Waals surface area contributed by atoms with Gasteiger partial charge >= 0.3 is 11.8 Å². The van der Waals surface area contributed by atoms with Crippen LogP contribution in [0.3, 0.4) is 0 Å². The summed E-state index contributed by atoms with van der Waals surface area (Å²) in [6.07, 6.45) is 0.874. The number of rotatable bonds is 3. The van der Waals surface area contributed by atoms with E-state index in [1.807, 2.05) is 6.92 Å². The molecule has 0 aliphatic rings. The van der Waals surface area contributed by atoms with Gasteiger partial charge in [-0.15, -0.1) is 0 Å². The number of benzene rings is 1. The van der Waals surface area contributed by atoms with Crippen LogP contribution >= 0.6 is 0 Å². The van der Waals surface area contributed by atoms with Gasteiger partial charge in [0.15, 0.2) is 5.58 Å². The lowest BCUT2D eigenvalue weighted by molar-refractivity contribution is 0.252. The molecule has 0 bridgehead atoms. The molecule has 1 heterocycles. The Bertz CT molecular complexity index is 585. The van der Waals surface area contributed by atoms with Crippen molar-refractivity contribution in [2.24, 2.45) is 0 Å². The first-order valence-corrected chi connectivity index (χ1v) is 5.37. The van der Waals surface area contributed by atoms with Crippen molar-refractivity contribution in [1.29, 1.82) is 0 Å². The second-order valence-electron chi connectivity index (χ2n) is 3.61. The van der Waals surface area contributed by atoms with Crippen LogP contribution < -0.4 is 16.4 Å². The van der Waals surface area contributed by atoms with E-state index >= 15 is 0 Å². The van der Waals surface area contributed by atoms with Crippen molar-refractivity contribution in [2.75, 3.05) is 11.9 Å². The topological polar surface area (TPSA) is 87.1 Å². The van der Waals surface area contributed by atoms with Crippen LogP contribution in [0.4, 0.5) is 10.5 Å². The Morgan fingerprint density at radius 2 is 2.29 bits per heavy atom. The maximum absolute atomic E-state index is 11.4. The molecule has 0 saturated carbocycles. The summed E-state index contributed by atoms with van der Waals surface area (Å²) in [6, 6.07) is 4.69. The van der Waals surface area contributed by atoms with E-state index in [0.717, 1.165) is 6.42 Å². The number of hydrogen-bond donors (Lipinski definition) is 3. The van der Waals surface area contributed by atoms with Gasteiger partial charge in [-0.3, -0.25) is 4.98 Å². The van der Waals surface area contributed by atoms with Crippen LogP contribution in [0.2, 0.25) is 0 Å². The van der Waals surface area contributed by atoms with Gasteiger partial charge in [0.25, 0.3) is 0 Å². The summed E-state index contributed by atoms with van der Waals surface area (Å²) in [5.41, 5.74) is 1.60. The lowest BCUT2D eigenvalue weighted by Crippen LogP contribution is -2.29. The van der Waals surface area contributed by atoms with Crippen molar-refractivity contribution >= 4 is 22.8 Å². The van der Waals surface area contributed by atoms with E-state index in [4.69, 9.17) is 4.42 Å². The van der Waals surface area contributed by atoms with Crippen molar-refractivity contribution in [3.63, 3.8) is 0 Å². The second kappa shape index (κ2) is 4.73. The fourth-order valence-electron chi connectivity index (χ4n) is 1.44. The molecule has 2 rings (SSSR count). The third-order valence-electron chi connectivity index (χ3n) is 2.21. The highest BCUT2D eigenvalue weighted by Crippen LogP contribution is 2.15. The van der Waals surface area contributed by atoms with Gasteiger partial charge in [-0.05, 0) is 18.6 Å². The lowest BCUT2D eigenvalue weighted by atomic mass is 10.3. The molecule has 90 valence electrons. The largest absolute Gasteiger partial charge is 0.417 e. The summed E-state index contributed by atoms with van der Waals surface area (Å²) >= 11 is 0. The number of fused-ring (bicyclic) bond motifs is 1. The van der Waals surface area contributed by atoms with E-state index in [-0.39, 0.29) is 6.03 Å². The van der Waals surface area contributed by atoms with E-state index < -0.39 is 5.76 Å². The smallest absolute Gasteiger partial charge is 0.408 e. The summed E-state index contributed by atoms with van der Waals surface area (Å²) in [4.78, 5) is 24.9. The Balaban J connectivity index is 2.13. The Labute approximate surface area is 97.0 Å². The first-order chi connectivity index (χ1) is 8.19. The number of amides is 2. The SMILES string of the molecule is CCCNC(=O)Nc1ccc2[nH]c(=O)oc2c1. The monoisotopic (exact) mass is 235 g/mol. The van der Waals surface area contributed by atoms with Crippen LogP contribution in [-0.4, -0.2) is 17.6 Å². The highest BCUT2D eigenvalue weighted by Gasteiger charge is 2.04. The third-order valence-corrected chi connectivity index (χ3v) is 2.21. The first-order valence-electron chi connectivity index (χ1n) is 5.37. The van der Waals surface area contributed by atoms with Crippen LogP contribution in [0.25, 0.3) is 11.1 Å². The number of anilines is 1. The van der Waals surface area contributed by atoms with Gasteiger partial charge in [-0.1, -0.05) is 6.92 Å². The molecule has 0 saturated heterocycles. The number of nitrogens with one attached hydrogen (secondary N) is 3. The normalized spacial score (nSPS) is 10.4. The zero-order valence-electron chi connectivity index (χ0n) is 9.37. The molecule has 0 spiro atoms. The van der Waals surface area contributed by atoms with Gasteiger partial charge in [-0.2, -0.15) is 0 Å². The Kier molecular flexibility index (Phi) is 3.13. The van der Waals surface area contributed by atoms with Gasteiger partial charge in [-0.25, -0.2) is 9.59 Å². The van der Waals surface area contributed by atoms with Gasteiger partial charge in [0.1, 0.15) is 0 Å². The number of aromatic amines is 1. The van der Waals surface area contributed by atoms with Crippen LogP contribution in [0.15, 0.2) is 27.4 Å². The minimum atomic E-state index is -0.507. The van der Waals surface area contributed by atoms with Crippen LogP contribution in [-0.2, 0) is 0 Å². The highest BCUT2D eigenvalue weighted by molar-refractivity contribution is 5.91. The highest BCUT2D eigenvalue weighted by atomic mass is 16.4. The molecule has 0 unspecified atom stereocenters. The number of hydrogen-bond acceptors (Lipinski definition) is 3. The molecule has 17 heavy (non-hydrogen) atoms. The number of carbonyl (C=O) groups excluding carboxylic acids is 1. The Hall–Kier alpha value is -2.24. The molecule has 2 aromatic rings. The minimum Gasteiger partial charge on any atom is -0.408 e. The van der Waals surface area contributed by atoms with Crippen molar-refractivity contribution in [2.45, 2.75) is 13.3 Å². The van der Waals surface area contributed by atoms with Crippen LogP contribution in [0, 0.1) is 0 Å². The molecule has 1 aromatic heterocycles. The zero-order chi connectivity index (χ0) is 12.3. The van der Waals surface area contributed by atoms with E-state index in [1.54, 1.807) is 18.2 Å². The van der Waals surface area contributed by atoms with E-state index in [1.165, 1.54) is 0 Å². The quantitative estimate of drug-likeness (QED) is 0.755. The van der Waals surface area contributed by atoms with E-state index in [9.17, 15) is 9.59 Å². The number of carbonyl (C=O) groups is 1. The average molecular weight is 235 g/mol. The molecule has 0 aliphatic carbocycles. The first kappa shape index (κ1) is 11.3. The predicted molar refractivity (Wildman–Crippen MR) is 64.1 cm³/mol. The maximum Gasteiger partial charge on any atom is 0.417 e. The number of H-pyrrole nitrogens is 1. The van der Waals surface area contributed by atoms with Crippen molar-refractivity contribution in [3.05, 3.63) is 28.7 Å². The number of aromatic nitrogens is 1. The summed E-state index contributed by atoms with van der Waals surface area (Å²) < 4.78 is 4.89. The van der Waals surface area contributed by atoms with E-state index in [0.29, 0.717) is 23.3 Å². The summed E-state index contributed by atoms with van der Waals surface area (Å²) in [5, 5.41) is 5.34. The van der Waals surface area contributed by atoms with Gasteiger partial charge in [0, 0.05) is 18.3 Å². The summed E-state index contributed by atoms with van der Waals surface area (Å²) in [7, 11) is 0. The van der Waals surface area contributed by atoms with E-state index in [2.05, 4.69) is 15.6 Å². The molecular formula is C11H13N3O3. The fourth-order valence-corrected chi connectivity index (χ4v) is 1.44. The maximum atomic E-state index is 11.4. The van der Waals surface area contributed by atoms with Crippen molar-refractivity contribution in [3.8, 4) is 0 Å². The summed E-state index contributed by atoms with van der Waals surface area (Å²) in [6.45, 7) is 2.59. The molecule has 0 aliphatic heterocycles. The molecule has 3 N–H and O–H groups in total. The molecule has 6 heteroatoms. The van der Waals surface area contributed by atoms with Gasteiger partial charge < -0.3 is 15.1 Å². The average Bonchev–Trinajstić information content (AvgIpc) is 2.65. The third kappa shape index (κ3) is 2.66. The second-order valence-corrected chi connectivity index (χ2v) is 3.61. The summed E-state index contributed by atoms with van der Waals surface area (Å²) in [5.74, 6) is -0.507. The molecule has 0 atom stereocenters.